The van der Waals surface area contributed by atoms with Crippen molar-refractivity contribution in [3.8, 4) is 5.75 Å². The van der Waals surface area contributed by atoms with E-state index in [-0.39, 0.29) is 11.8 Å². The van der Waals surface area contributed by atoms with Gasteiger partial charge in [-0.15, -0.1) is 0 Å². The zero-order valence-electron chi connectivity index (χ0n) is 13.1. The molecule has 23 heavy (non-hydrogen) atoms. The molecule has 3 N–H and O–H groups in total. The molecule has 0 aromatic heterocycles. The van der Waals surface area contributed by atoms with E-state index >= 15 is 0 Å². The molecule has 0 unspecified atom stereocenters. The topological polar surface area (TPSA) is 90.2 Å². The number of hydrogen-bond donors (Lipinski definition) is 3. The molecule has 0 spiro atoms. The van der Waals surface area contributed by atoms with E-state index in [1.165, 1.54) is 0 Å². The first-order valence-corrected chi connectivity index (χ1v) is 7.98. The monoisotopic (exact) mass is 321 g/mol. The number of carbonyl (C=O) groups is 1. The van der Waals surface area contributed by atoms with Crippen molar-refractivity contribution in [3.05, 3.63) is 29.8 Å². The van der Waals surface area contributed by atoms with Gasteiger partial charge in [-0.05, 0) is 37.1 Å². The summed E-state index contributed by atoms with van der Waals surface area (Å²) in [5.41, 5.74) is 0.619. The average molecular weight is 321 g/mol. The molecule has 2 fully saturated rings. The average Bonchev–Trinajstić information content (AvgIpc) is 2.86. The van der Waals surface area contributed by atoms with Gasteiger partial charge in [-0.25, -0.2) is 0 Å². The summed E-state index contributed by atoms with van der Waals surface area (Å²) in [5, 5.41) is 30.0. The highest BCUT2D eigenvalue weighted by atomic mass is 16.5. The Morgan fingerprint density at radius 1 is 1.17 bits per heavy atom. The second-order valence-electron chi connectivity index (χ2n) is 6.40. The number of aliphatic hydroxyl groups excluding tert-OH is 3. The molecule has 6 nitrogen and oxygen atoms in total. The second kappa shape index (κ2) is 6.57. The Morgan fingerprint density at radius 3 is 2.52 bits per heavy atom. The van der Waals surface area contributed by atoms with Gasteiger partial charge in [0, 0.05) is 24.6 Å². The molecular formula is C17H23NO5. The highest BCUT2D eigenvalue weighted by molar-refractivity contribution is 5.96. The highest BCUT2D eigenvalue weighted by Crippen LogP contribution is 2.33. The first-order chi connectivity index (χ1) is 11.0. The molecule has 126 valence electrons. The van der Waals surface area contributed by atoms with Gasteiger partial charge in [0.1, 0.15) is 5.75 Å². The largest absolute Gasteiger partial charge is 0.497 e. The molecule has 0 bridgehead atoms. The third kappa shape index (κ3) is 3.12. The normalized spacial score (nSPS) is 34.2. The fourth-order valence-corrected chi connectivity index (χ4v) is 3.74. The zero-order valence-corrected chi connectivity index (χ0v) is 13.1. The van der Waals surface area contributed by atoms with Gasteiger partial charge < -0.3 is 20.1 Å². The first kappa shape index (κ1) is 16.4. The fourth-order valence-electron chi connectivity index (χ4n) is 3.74. The quantitative estimate of drug-likeness (QED) is 0.686. The van der Waals surface area contributed by atoms with E-state index in [1.54, 1.807) is 31.4 Å². The van der Waals surface area contributed by atoms with Crippen LogP contribution in [0.2, 0.25) is 0 Å². The summed E-state index contributed by atoms with van der Waals surface area (Å²) >= 11 is 0. The maximum Gasteiger partial charge on any atom is 0.164 e. The molecular weight excluding hydrogens is 298 g/mol. The second-order valence-corrected chi connectivity index (χ2v) is 6.40. The predicted molar refractivity (Wildman–Crippen MR) is 83.5 cm³/mol. The summed E-state index contributed by atoms with van der Waals surface area (Å²) in [7, 11) is 1.58. The van der Waals surface area contributed by atoms with E-state index < -0.39 is 24.4 Å². The lowest BCUT2D eigenvalue weighted by Gasteiger charge is -2.40. The minimum absolute atomic E-state index is 0.0173. The lowest BCUT2D eigenvalue weighted by Crippen LogP contribution is -2.53. The van der Waals surface area contributed by atoms with Crippen LogP contribution in [0.15, 0.2) is 24.3 Å². The number of fused-ring (bicyclic) bond motifs is 1. The Balaban J connectivity index is 1.70. The fraction of sp³-hybridized carbons (Fsp3) is 0.588. The van der Waals surface area contributed by atoms with Crippen molar-refractivity contribution in [2.24, 2.45) is 0 Å². The van der Waals surface area contributed by atoms with Gasteiger partial charge in [0.15, 0.2) is 5.78 Å². The molecule has 0 aliphatic carbocycles. The molecule has 6 heteroatoms. The molecule has 2 heterocycles. The molecule has 1 aromatic rings. The van der Waals surface area contributed by atoms with Gasteiger partial charge in [0.2, 0.25) is 0 Å². The highest BCUT2D eigenvalue weighted by Gasteiger charge is 2.49. The zero-order chi connectivity index (χ0) is 16.6. The predicted octanol–water partition coefficient (Wildman–Crippen LogP) is 0.197. The van der Waals surface area contributed by atoms with E-state index in [2.05, 4.69) is 0 Å². The van der Waals surface area contributed by atoms with Crippen molar-refractivity contribution >= 4 is 5.78 Å². The SMILES string of the molecule is COc1ccc(C(=O)C[C@@H]2CC[C@@H](O)[C@@H]3[C@H](O)[C@H](O)CN23)cc1. The molecule has 2 aliphatic rings. The van der Waals surface area contributed by atoms with Gasteiger partial charge in [-0.2, -0.15) is 0 Å². The van der Waals surface area contributed by atoms with Crippen LogP contribution in [0.5, 0.6) is 5.75 Å². The van der Waals surface area contributed by atoms with Crippen LogP contribution in [0, 0.1) is 0 Å². The van der Waals surface area contributed by atoms with Gasteiger partial charge in [0.05, 0.1) is 31.5 Å². The van der Waals surface area contributed by atoms with Crippen molar-refractivity contribution < 1.29 is 24.9 Å². The number of ketones is 1. The molecule has 0 radical (unpaired) electrons. The summed E-state index contributed by atoms with van der Waals surface area (Å²) in [5.74, 6) is 0.719. The molecule has 0 amide bonds. The van der Waals surface area contributed by atoms with Crippen molar-refractivity contribution in [1.29, 1.82) is 0 Å². The van der Waals surface area contributed by atoms with Crippen LogP contribution in [-0.2, 0) is 0 Å². The summed E-state index contributed by atoms with van der Waals surface area (Å²) in [6.45, 7) is 0.295. The van der Waals surface area contributed by atoms with Crippen molar-refractivity contribution in [3.63, 3.8) is 0 Å². The third-order valence-corrected chi connectivity index (χ3v) is 5.02. The standard InChI is InChI=1S/C17H23NO5/c1-23-12-5-2-10(3-6-12)14(20)8-11-4-7-13(19)16-17(22)15(21)9-18(11)16/h2-3,5-6,11,13,15-17,19,21-22H,4,7-9H2,1H3/t11-,13+,15+,16+,17+/m0/s1. The van der Waals surface area contributed by atoms with Crippen LogP contribution in [0.4, 0.5) is 0 Å². The van der Waals surface area contributed by atoms with Gasteiger partial charge in [-0.3, -0.25) is 9.69 Å². The van der Waals surface area contributed by atoms with E-state index in [4.69, 9.17) is 4.74 Å². The lowest BCUT2D eigenvalue weighted by atomic mass is 9.89. The lowest BCUT2D eigenvalue weighted by molar-refractivity contribution is -0.0453. The van der Waals surface area contributed by atoms with Gasteiger partial charge >= 0.3 is 0 Å². The number of Topliss-reactive ketones (excluding diaryl/α,β-unsaturated/α-hetero) is 1. The Hall–Kier alpha value is -1.47. The number of nitrogens with zero attached hydrogens (tertiary/aromatic N) is 1. The van der Waals surface area contributed by atoms with Crippen molar-refractivity contribution in [2.45, 2.75) is 49.7 Å². The van der Waals surface area contributed by atoms with Crippen LogP contribution in [0.1, 0.15) is 29.6 Å². The van der Waals surface area contributed by atoms with Gasteiger partial charge in [0.25, 0.3) is 0 Å². The number of benzene rings is 1. The molecule has 2 saturated heterocycles. The first-order valence-electron chi connectivity index (χ1n) is 7.98. The minimum Gasteiger partial charge on any atom is -0.497 e. The Bertz CT molecular complexity index is 561. The van der Waals surface area contributed by atoms with Crippen molar-refractivity contribution in [1.82, 2.24) is 4.90 Å². The number of aliphatic hydroxyl groups is 3. The van der Waals surface area contributed by atoms with Crippen LogP contribution in [0.25, 0.3) is 0 Å². The van der Waals surface area contributed by atoms with Gasteiger partial charge in [-0.1, -0.05) is 0 Å². The smallest absolute Gasteiger partial charge is 0.164 e. The van der Waals surface area contributed by atoms with E-state index in [0.717, 1.165) is 0 Å². The number of rotatable bonds is 4. The Kier molecular flexibility index (Phi) is 4.68. The van der Waals surface area contributed by atoms with E-state index in [1.807, 2.05) is 4.90 Å². The number of piperidine rings is 1. The number of hydrogen-bond acceptors (Lipinski definition) is 6. The molecule has 3 rings (SSSR count). The minimum atomic E-state index is -0.955. The number of methoxy groups -OCH3 is 1. The van der Waals surface area contributed by atoms with Crippen LogP contribution in [-0.4, -0.2) is 70.1 Å². The Labute approximate surface area is 135 Å². The maximum absolute atomic E-state index is 12.5. The molecule has 1 aromatic carbocycles. The summed E-state index contributed by atoms with van der Waals surface area (Å²) < 4.78 is 5.09. The number of ether oxygens (including phenoxy) is 1. The molecule has 0 saturated carbocycles. The molecule has 2 aliphatic heterocycles. The number of carbonyl (C=O) groups excluding carboxylic acids is 1. The Morgan fingerprint density at radius 2 is 1.87 bits per heavy atom. The third-order valence-electron chi connectivity index (χ3n) is 5.02. The van der Waals surface area contributed by atoms with E-state index in [9.17, 15) is 20.1 Å². The van der Waals surface area contributed by atoms with Crippen LogP contribution >= 0.6 is 0 Å². The molecule has 5 atom stereocenters. The van der Waals surface area contributed by atoms with Crippen molar-refractivity contribution in [2.75, 3.05) is 13.7 Å². The van der Waals surface area contributed by atoms with Crippen LogP contribution in [0.3, 0.4) is 0 Å². The van der Waals surface area contributed by atoms with E-state index in [0.29, 0.717) is 37.1 Å². The summed E-state index contributed by atoms with van der Waals surface area (Å²) in [6, 6.07) is 6.44. The maximum atomic E-state index is 12.5. The van der Waals surface area contributed by atoms with Crippen LogP contribution < -0.4 is 4.74 Å². The summed E-state index contributed by atoms with van der Waals surface area (Å²) in [4.78, 5) is 14.4. The summed E-state index contributed by atoms with van der Waals surface area (Å²) in [6.07, 6.45) is -0.954.